The summed E-state index contributed by atoms with van der Waals surface area (Å²) in [5.74, 6) is 0.662. The minimum Gasteiger partial charge on any atom is -0.383 e. The SMILES string of the molecule is Cn1ncc(-c2ccc3c(Cl)cn(C)c3c2)c1N. The molecular formula is C13H13ClN4. The molecule has 0 aliphatic heterocycles. The van der Waals surface area contributed by atoms with E-state index in [0.717, 1.165) is 27.1 Å². The molecule has 0 bridgehead atoms. The van der Waals surface area contributed by atoms with Crippen molar-refractivity contribution in [2.75, 3.05) is 5.73 Å². The molecule has 0 spiro atoms. The summed E-state index contributed by atoms with van der Waals surface area (Å²) in [5, 5.41) is 5.97. The van der Waals surface area contributed by atoms with Crippen molar-refractivity contribution in [1.82, 2.24) is 14.3 Å². The van der Waals surface area contributed by atoms with Crippen molar-refractivity contribution in [3.63, 3.8) is 0 Å². The molecule has 1 aromatic carbocycles. The van der Waals surface area contributed by atoms with Gasteiger partial charge in [-0.25, -0.2) is 0 Å². The Morgan fingerprint density at radius 1 is 1.28 bits per heavy atom. The van der Waals surface area contributed by atoms with Crippen LogP contribution in [0, 0.1) is 0 Å². The number of hydrogen-bond acceptors (Lipinski definition) is 2. The van der Waals surface area contributed by atoms with E-state index in [1.807, 2.05) is 37.0 Å². The fourth-order valence-electron chi connectivity index (χ4n) is 2.17. The largest absolute Gasteiger partial charge is 0.383 e. The molecular weight excluding hydrogens is 248 g/mol. The summed E-state index contributed by atoms with van der Waals surface area (Å²) in [5.41, 5.74) is 9.06. The van der Waals surface area contributed by atoms with Crippen molar-refractivity contribution < 1.29 is 0 Å². The lowest BCUT2D eigenvalue weighted by atomic mass is 10.1. The molecule has 3 aromatic rings. The lowest BCUT2D eigenvalue weighted by Gasteiger charge is -2.03. The first-order valence-corrected chi connectivity index (χ1v) is 5.98. The second-order valence-corrected chi connectivity index (χ2v) is 4.79. The van der Waals surface area contributed by atoms with Gasteiger partial charge >= 0.3 is 0 Å². The van der Waals surface area contributed by atoms with Gasteiger partial charge in [-0.3, -0.25) is 4.68 Å². The van der Waals surface area contributed by atoms with Crippen molar-refractivity contribution in [2.45, 2.75) is 0 Å². The molecule has 0 unspecified atom stereocenters. The van der Waals surface area contributed by atoms with Crippen LogP contribution in [0.1, 0.15) is 0 Å². The number of aromatic nitrogens is 3. The third kappa shape index (κ3) is 1.49. The van der Waals surface area contributed by atoms with Gasteiger partial charge in [0.2, 0.25) is 0 Å². The van der Waals surface area contributed by atoms with E-state index in [9.17, 15) is 0 Å². The maximum atomic E-state index is 6.15. The second-order valence-electron chi connectivity index (χ2n) is 4.39. The molecule has 3 rings (SSSR count). The highest BCUT2D eigenvalue weighted by Crippen LogP contribution is 2.31. The van der Waals surface area contributed by atoms with Crippen LogP contribution in [-0.2, 0) is 14.1 Å². The van der Waals surface area contributed by atoms with Gasteiger partial charge in [-0.2, -0.15) is 5.10 Å². The summed E-state index contributed by atoms with van der Waals surface area (Å²) in [6.45, 7) is 0. The first-order valence-electron chi connectivity index (χ1n) is 5.60. The maximum absolute atomic E-state index is 6.15. The predicted octanol–water partition coefficient (Wildman–Crippen LogP) is 2.81. The average Bonchev–Trinajstić information content (AvgIpc) is 2.82. The topological polar surface area (TPSA) is 48.8 Å². The van der Waals surface area contributed by atoms with Crippen LogP contribution in [-0.4, -0.2) is 14.3 Å². The fourth-order valence-corrected chi connectivity index (χ4v) is 2.48. The zero-order chi connectivity index (χ0) is 12.9. The van der Waals surface area contributed by atoms with Crippen LogP contribution >= 0.6 is 11.6 Å². The van der Waals surface area contributed by atoms with Crippen LogP contribution in [0.3, 0.4) is 0 Å². The van der Waals surface area contributed by atoms with E-state index >= 15 is 0 Å². The maximum Gasteiger partial charge on any atom is 0.129 e. The molecule has 2 N–H and O–H groups in total. The number of fused-ring (bicyclic) bond motifs is 1. The number of hydrogen-bond donors (Lipinski definition) is 1. The third-order valence-electron chi connectivity index (χ3n) is 3.24. The van der Waals surface area contributed by atoms with Crippen LogP contribution in [0.4, 0.5) is 5.82 Å². The van der Waals surface area contributed by atoms with E-state index in [1.165, 1.54) is 0 Å². The summed E-state index contributed by atoms with van der Waals surface area (Å²) in [6.07, 6.45) is 3.68. The number of halogens is 1. The molecule has 0 radical (unpaired) electrons. The van der Waals surface area contributed by atoms with E-state index in [0.29, 0.717) is 5.82 Å². The zero-order valence-corrected chi connectivity index (χ0v) is 10.9. The Balaban J connectivity index is 2.25. The molecule has 2 aromatic heterocycles. The summed E-state index contributed by atoms with van der Waals surface area (Å²) >= 11 is 6.15. The highest BCUT2D eigenvalue weighted by atomic mass is 35.5. The van der Waals surface area contributed by atoms with Crippen molar-refractivity contribution in [2.24, 2.45) is 14.1 Å². The molecule has 0 atom stereocenters. The van der Waals surface area contributed by atoms with E-state index in [2.05, 4.69) is 11.2 Å². The van der Waals surface area contributed by atoms with Gasteiger partial charge in [0.05, 0.1) is 11.2 Å². The monoisotopic (exact) mass is 260 g/mol. The van der Waals surface area contributed by atoms with Gasteiger partial charge in [-0.15, -0.1) is 0 Å². The molecule has 92 valence electrons. The van der Waals surface area contributed by atoms with E-state index in [-0.39, 0.29) is 0 Å². The van der Waals surface area contributed by atoms with Gasteiger partial charge < -0.3 is 10.3 Å². The van der Waals surface area contributed by atoms with Gasteiger partial charge in [-0.05, 0) is 11.6 Å². The van der Waals surface area contributed by atoms with Crippen molar-refractivity contribution in [3.8, 4) is 11.1 Å². The Morgan fingerprint density at radius 3 is 2.72 bits per heavy atom. The average molecular weight is 261 g/mol. The number of anilines is 1. The number of nitrogens with zero attached hydrogens (tertiary/aromatic N) is 3. The molecule has 0 aliphatic carbocycles. The molecule has 0 fully saturated rings. The zero-order valence-electron chi connectivity index (χ0n) is 10.2. The molecule has 0 amide bonds. The van der Waals surface area contributed by atoms with Gasteiger partial charge in [-0.1, -0.05) is 23.7 Å². The smallest absolute Gasteiger partial charge is 0.129 e. The molecule has 5 heteroatoms. The minimum absolute atomic E-state index is 0.662. The lowest BCUT2D eigenvalue weighted by Crippen LogP contribution is -1.98. The van der Waals surface area contributed by atoms with E-state index in [1.54, 1.807) is 10.9 Å². The standard InChI is InChI=1S/C13H13ClN4/c1-17-7-11(14)9-4-3-8(5-12(9)17)10-6-16-18(2)13(10)15/h3-7H,15H2,1-2H3. The summed E-state index contributed by atoms with van der Waals surface area (Å²) in [7, 11) is 3.81. The highest BCUT2D eigenvalue weighted by Gasteiger charge is 2.10. The highest BCUT2D eigenvalue weighted by molar-refractivity contribution is 6.35. The van der Waals surface area contributed by atoms with Gasteiger partial charge in [0.1, 0.15) is 5.82 Å². The van der Waals surface area contributed by atoms with Crippen LogP contribution in [0.5, 0.6) is 0 Å². The van der Waals surface area contributed by atoms with E-state index < -0.39 is 0 Å². The number of nitrogen functional groups attached to an aromatic ring is 1. The number of nitrogens with two attached hydrogens (primary N) is 1. The van der Waals surface area contributed by atoms with Crippen molar-refractivity contribution in [3.05, 3.63) is 35.6 Å². The van der Waals surface area contributed by atoms with Gasteiger partial charge in [0.25, 0.3) is 0 Å². The summed E-state index contributed by atoms with van der Waals surface area (Å²) in [6, 6.07) is 6.11. The summed E-state index contributed by atoms with van der Waals surface area (Å²) in [4.78, 5) is 0. The van der Waals surface area contributed by atoms with Crippen LogP contribution in [0.25, 0.3) is 22.0 Å². The number of aryl methyl sites for hydroxylation is 2. The van der Waals surface area contributed by atoms with Crippen molar-refractivity contribution in [1.29, 1.82) is 0 Å². The number of benzene rings is 1. The van der Waals surface area contributed by atoms with Crippen molar-refractivity contribution >= 4 is 28.3 Å². The van der Waals surface area contributed by atoms with Crippen LogP contribution < -0.4 is 5.73 Å². The van der Waals surface area contributed by atoms with Gasteiger partial charge in [0, 0.05) is 36.8 Å². The summed E-state index contributed by atoms with van der Waals surface area (Å²) < 4.78 is 3.67. The lowest BCUT2D eigenvalue weighted by molar-refractivity contribution is 0.779. The molecule has 18 heavy (non-hydrogen) atoms. The first kappa shape index (κ1) is 11.2. The Morgan fingerprint density at radius 2 is 2.06 bits per heavy atom. The Bertz CT molecular complexity index is 739. The quantitative estimate of drug-likeness (QED) is 0.731. The molecule has 0 aliphatic rings. The Hall–Kier alpha value is -1.94. The van der Waals surface area contributed by atoms with Crippen LogP contribution in [0.2, 0.25) is 5.02 Å². The Labute approximate surface area is 110 Å². The Kier molecular flexibility index (Phi) is 2.35. The normalized spacial score (nSPS) is 11.3. The second kappa shape index (κ2) is 3.78. The molecule has 0 saturated carbocycles. The first-order chi connectivity index (χ1) is 8.58. The minimum atomic E-state index is 0.662. The molecule has 0 saturated heterocycles. The van der Waals surface area contributed by atoms with Crippen LogP contribution in [0.15, 0.2) is 30.6 Å². The third-order valence-corrected chi connectivity index (χ3v) is 3.54. The molecule has 4 nitrogen and oxygen atoms in total. The van der Waals surface area contributed by atoms with E-state index in [4.69, 9.17) is 17.3 Å². The fraction of sp³-hybridized carbons (Fsp3) is 0.154. The number of rotatable bonds is 1. The van der Waals surface area contributed by atoms with Gasteiger partial charge in [0.15, 0.2) is 0 Å². The molecule has 2 heterocycles. The predicted molar refractivity (Wildman–Crippen MR) is 74.5 cm³/mol.